The monoisotopic (exact) mass is 250 g/mol. The van der Waals surface area contributed by atoms with Crippen LogP contribution in [0.5, 0.6) is 0 Å². The summed E-state index contributed by atoms with van der Waals surface area (Å²) in [5, 5.41) is 8.01. The number of nitrogens with zero attached hydrogens (tertiary/aromatic N) is 3. The molecule has 0 aromatic carbocycles. The minimum Gasteiger partial charge on any atom is -0.311 e. The van der Waals surface area contributed by atoms with Crippen LogP contribution >= 0.6 is 0 Å². The summed E-state index contributed by atoms with van der Waals surface area (Å²) in [4.78, 5) is 2.58. The Morgan fingerprint density at radius 3 is 2.83 bits per heavy atom. The fourth-order valence-corrected chi connectivity index (χ4v) is 2.51. The van der Waals surface area contributed by atoms with Gasteiger partial charge < -0.3 is 5.32 Å². The van der Waals surface area contributed by atoms with E-state index in [9.17, 15) is 0 Å². The van der Waals surface area contributed by atoms with Crippen molar-refractivity contribution in [1.82, 2.24) is 20.0 Å². The molecule has 1 heterocycles. The summed E-state index contributed by atoms with van der Waals surface area (Å²) in [5.41, 5.74) is 2.56. The van der Waals surface area contributed by atoms with Crippen LogP contribution in [-0.2, 0) is 20.0 Å². The van der Waals surface area contributed by atoms with Crippen LogP contribution in [0.15, 0.2) is 6.20 Å². The van der Waals surface area contributed by atoms with Crippen LogP contribution in [0.2, 0.25) is 0 Å². The molecular formula is C14H26N4. The molecule has 2 rings (SSSR count). The van der Waals surface area contributed by atoms with E-state index in [2.05, 4.69) is 35.4 Å². The number of likely N-dealkylation sites (N-methyl/N-ethyl adjacent to an activating group) is 1. The van der Waals surface area contributed by atoms with Gasteiger partial charge in [0.2, 0.25) is 0 Å². The predicted molar refractivity (Wildman–Crippen MR) is 74.6 cm³/mol. The first-order chi connectivity index (χ1) is 8.74. The van der Waals surface area contributed by atoms with Gasteiger partial charge in [0.05, 0.1) is 5.69 Å². The molecule has 0 bridgehead atoms. The lowest BCUT2D eigenvalue weighted by atomic mass is 10.2. The van der Waals surface area contributed by atoms with Crippen molar-refractivity contribution in [2.24, 2.45) is 7.05 Å². The van der Waals surface area contributed by atoms with E-state index in [1.165, 1.54) is 37.2 Å². The fraction of sp³-hybridized carbons (Fsp3) is 0.786. The maximum Gasteiger partial charge on any atom is 0.0666 e. The van der Waals surface area contributed by atoms with Crippen molar-refractivity contribution in [3.8, 4) is 0 Å². The topological polar surface area (TPSA) is 33.1 Å². The highest BCUT2D eigenvalue weighted by molar-refractivity contribution is 5.16. The molecule has 1 N–H and O–H groups in total. The van der Waals surface area contributed by atoms with Gasteiger partial charge in [0.25, 0.3) is 0 Å². The Hall–Kier alpha value is -0.870. The molecule has 1 aromatic heterocycles. The molecule has 4 nitrogen and oxygen atoms in total. The molecular weight excluding hydrogens is 224 g/mol. The lowest BCUT2D eigenvalue weighted by Crippen LogP contribution is -2.33. The summed E-state index contributed by atoms with van der Waals surface area (Å²) in [6.45, 7) is 8.79. The fourth-order valence-electron chi connectivity index (χ4n) is 2.51. The first-order valence-electron chi connectivity index (χ1n) is 7.20. The zero-order valence-corrected chi connectivity index (χ0v) is 11.9. The van der Waals surface area contributed by atoms with Gasteiger partial charge in [0, 0.05) is 44.5 Å². The zero-order chi connectivity index (χ0) is 13.0. The Bertz CT molecular complexity index is 368. The Morgan fingerprint density at radius 1 is 1.44 bits per heavy atom. The molecule has 1 fully saturated rings. The van der Waals surface area contributed by atoms with Crippen molar-refractivity contribution < 1.29 is 0 Å². The van der Waals surface area contributed by atoms with Crippen molar-refractivity contribution in [2.75, 3.05) is 19.6 Å². The number of hydrogen-bond donors (Lipinski definition) is 1. The van der Waals surface area contributed by atoms with Crippen molar-refractivity contribution in [1.29, 1.82) is 0 Å². The highest BCUT2D eigenvalue weighted by Crippen LogP contribution is 2.25. The van der Waals surface area contributed by atoms with E-state index in [0.717, 1.165) is 25.6 Å². The third kappa shape index (κ3) is 3.56. The first-order valence-corrected chi connectivity index (χ1v) is 7.20. The van der Waals surface area contributed by atoms with Crippen molar-refractivity contribution >= 4 is 0 Å². The van der Waals surface area contributed by atoms with Crippen LogP contribution in [0.25, 0.3) is 0 Å². The minimum atomic E-state index is 0.876. The highest BCUT2D eigenvalue weighted by Gasteiger charge is 2.26. The second kappa shape index (κ2) is 6.34. The van der Waals surface area contributed by atoms with E-state index in [0.29, 0.717) is 0 Å². The molecule has 0 spiro atoms. The van der Waals surface area contributed by atoms with E-state index < -0.39 is 0 Å². The predicted octanol–water partition coefficient (Wildman–Crippen LogP) is 1.56. The molecule has 0 aliphatic heterocycles. The van der Waals surface area contributed by atoms with Crippen LogP contribution in [0.3, 0.4) is 0 Å². The lowest BCUT2D eigenvalue weighted by molar-refractivity contribution is 0.277. The lowest BCUT2D eigenvalue weighted by Gasteiger charge is -2.19. The highest BCUT2D eigenvalue weighted by atomic mass is 15.3. The minimum absolute atomic E-state index is 0.876. The van der Waals surface area contributed by atoms with Gasteiger partial charge in [-0.15, -0.1) is 0 Å². The number of hydrogen-bond acceptors (Lipinski definition) is 3. The molecule has 4 heteroatoms. The molecule has 0 amide bonds. The molecule has 1 aromatic rings. The van der Waals surface area contributed by atoms with Gasteiger partial charge in [-0.25, -0.2) is 0 Å². The molecule has 1 saturated carbocycles. The van der Waals surface area contributed by atoms with Gasteiger partial charge in [-0.05, 0) is 25.8 Å². The van der Waals surface area contributed by atoms with Crippen LogP contribution in [0.4, 0.5) is 0 Å². The molecule has 0 unspecified atom stereocenters. The smallest absolute Gasteiger partial charge is 0.0666 e. The molecule has 0 atom stereocenters. The second-order valence-electron chi connectivity index (χ2n) is 5.16. The number of nitrogens with one attached hydrogen (secondary N) is 1. The standard InChI is InChI=1S/C14H26N4/c1-4-14-12(11-17(3)16-14)10-15-8-9-18(5-2)13-6-7-13/h11,13,15H,4-10H2,1-3H3. The molecule has 1 aliphatic carbocycles. The normalized spacial score (nSPS) is 15.6. The number of rotatable bonds is 8. The van der Waals surface area contributed by atoms with Crippen LogP contribution < -0.4 is 5.32 Å². The summed E-state index contributed by atoms with van der Waals surface area (Å²) in [7, 11) is 1.99. The van der Waals surface area contributed by atoms with E-state index in [1.54, 1.807) is 0 Å². The van der Waals surface area contributed by atoms with E-state index >= 15 is 0 Å². The Morgan fingerprint density at radius 2 is 2.22 bits per heavy atom. The van der Waals surface area contributed by atoms with Crippen molar-refractivity contribution in [3.05, 3.63) is 17.5 Å². The number of aromatic nitrogens is 2. The van der Waals surface area contributed by atoms with Gasteiger partial charge in [0.1, 0.15) is 0 Å². The zero-order valence-electron chi connectivity index (χ0n) is 11.9. The average Bonchev–Trinajstić information content (AvgIpc) is 3.13. The van der Waals surface area contributed by atoms with Crippen LogP contribution in [0, 0.1) is 0 Å². The third-order valence-electron chi connectivity index (χ3n) is 3.69. The van der Waals surface area contributed by atoms with Crippen molar-refractivity contribution in [2.45, 2.75) is 45.7 Å². The summed E-state index contributed by atoms with van der Waals surface area (Å²) in [5.74, 6) is 0. The maximum atomic E-state index is 4.46. The Kier molecular flexibility index (Phi) is 4.78. The largest absolute Gasteiger partial charge is 0.311 e. The molecule has 0 saturated heterocycles. The Labute approximate surface area is 110 Å². The molecule has 1 aliphatic rings. The summed E-state index contributed by atoms with van der Waals surface area (Å²) >= 11 is 0. The van der Waals surface area contributed by atoms with E-state index in [-0.39, 0.29) is 0 Å². The van der Waals surface area contributed by atoms with Crippen LogP contribution in [-0.4, -0.2) is 40.4 Å². The van der Waals surface area contributed by atoms with Gasteiger partial charge >= 0.3 is 0 Å². The second-order valence-corrected chi connectivity index (χ2v) is 5.16. The maximum absolute atomic E-state index is 4.46. The van der Waals surface area contributed by atoms with Gasteiger partial charge in [0.15, 0.2) is 0 Å². The molecule has 0 radical (unpaired) electrons. The SMILES string of the molecule is CCc1nn(C)cc1CNCCN(CC)C1CC1. The summed E-state index contributed by atoms with van der Waals surface area (Å²) in [6, 6.07) is 0.876. The summed E-state index contributed by atoms with van der Waals surface area (Å²) in [6.07, 6.45) is 5.94. The number of aryl methyl sites for hydroxylation is 2. The van der Waals surface area contributed by atoms with Gasteiger partial charge in [-0.2, -0.15) is 5.10 Å². The van der Waals surface area contributed by atoms with Crippen molar-refractivity contribution in [3.63, 3.8) is 0 Å². The molecule has 18 heavy (non-hydrogen) atoms. The van der Waals surface area contributed by atoms with Gasteiger partial charge in [-0.3, -0.25) is 9.58 Å². The average molecular weight is 250 g/mol. The quantitative estimate of drug-likeness (QED) is 0.711. The first kappa shape index (κ1) is 13.6. The third-order valence-corrected chi connectivity index (χ3v) is 3.69. The van der Waals surface area contributed by atoms with Crippen LogP contribution in [0.1, 0.15) is 37.9 Å². The van der Waals surface area contributed by atoms with E-state index in [1.807, 2.05) is 11.7 Å². The van der Waals surface area contributed by atoms with E-state index in [4.69, 9.17) is 0 Å². The molecule has 102 valence electrons. The Balaban J connectivity index is 1.70. The van der Waals surface area contributed by atoms with Gasteiger partial charge in [-0.1, -0.05) is 13.8 Å². The summed E-state index contributed by atoms with van der Waals surface area (Å²) < 4.78 is 1.92.